The van der Waals surface area contributed by atoms with Crippen LogP contribution in [-0.4, -0.2) is 43.2 Å². The fraction of sp³-hybridized carbons (Fsp3) is 0.429. The molecule has 1 aromatic heterocycles. The molecular formula is C21H30IN5O. The summed E-state index contributed by atoms with van der Waals surface area (Å²) in [6.45, 7) is 6.70. The zero-order valence-electron chi connectivity index (χ0n) is 16.8. The van der Waals surface area contributed by atoms with E-state index in [1.54, 1.807) is 7.05 Å². The van der Waals surface area contributed by atoms with Crippen LogP contribution >= 0.6 is 24.0 Å². The number of aromatic nitrogens is 1. The van der Waals surface area contributed by atoms with E-state index in [1.807, 2.05) is 32.2 Å². The normalized spacial score (nSPS) is 16.6. The third kappa shape index (κ3) is 6.54. The average molecular weight is 495 g/mol. The highest BCUT2D eigenvalue weighted by atomic mass is 127. The lowest BCUT2D eigenvalue weighted by molar-refractivity contribution is 0.232. The van der Waals surface area contributed by atoms with Crippen molar-refractivity contribution in [3.63, 3.8) is 0 Å². The van der Waals surface area contributed by atoms with Gasteiger partial charge in [0.05, 0.1) is 6.10 Å². The standard InChI is InChI=1S/C21H29N5O.HI/c1-16(2)27-20-10-9-17(13-23-20)14-24-21(22-3)25-18-11-12-26(15-18)19-7-5-4-6-8-19;/h4-10,13,16,18H,11-12,14-15H2,1-3H3,(H2,22,24,25);1H. The minimum absolute atomic E-state index is 0. The van der Waals surface area contributed by atoms with Gasteiger partial charge in [-0.1, -0.05) is 24.3 Å². The molecule has 2 heterocycles. The Morgan fingerprint density at radius 2 is 2.04 bits per heavy atom. The molecule has 1 aromatic carbocycles. The van der Waals surface area contributed by atoms with Gasteiger partial charge in [-0.3, -0.25) is 4.99 Å². The molecule has 3 rings (SSSR count). The first-order chi connectivity index (χ1) is 13.1. The number of guanidine groups is 1. The van der Waals surface area contributed by atoms with Gasteiger partial charge in [0.15, 0.2) is 5.96 Å². The number of benzene rings is 1. The van der Waals surface area contributed by atoms with E-state index in [4.69, 9.17) is 4.74 Å². The molecule has 2 aromatic rings. The van der Waals surface area contributed by atoms with Crippen LogP contribution in [0.2, 0.25) is 0 Å². The number of hydrogen-bond donors (Lipinski definition) is 2. The number of anilines is 1. The first-order valence-corrected chi connectivity index (χ1v) is 9.53. The Balaban J connectivity index is 0.00000280. The molecule has 0 bridgehead atoms. The number of nitrogens with one attached hydrogen (secondary N) is 2. The number of para-hydroxylation sites is 1. The number of rotatable bonds is 6. The van der Waals surface area contributed by atoms with Crippen LogP contribution in [0.3, 0.4) is 0 Å². The summed E-state index contributed by atoms with van der Waals surface area (Å²) in [5.41, 5.74) is 2.37. The smallest absolute Gasteiger partial charge is 0.213 e. The summed E-state index contributed by atoms with van der Waals surface area (Å²) in [4.78, 5) is 11.1. The van der Waals surface area contributed by atoms with Gasteiger partial charge >= 0.3 is 0 Å². The summed E-state index contributed by atoms with van der Waals surface area (Å²) < 4.78 is 5.58. The van der Waals surface area contributed by atoms with E-state index < -0.39 is 0 Å². The molecule has 1 aliphatic rings. The molecule has 1 fully saturated rings. The second-order valence-electron chi connectivity index (χ2n) is 7.01. The SMILES string of the molecule is CN=C(NCc1ccc(OC(C)C)nc1)NC1CCN(c2ccccc2)C1.I. The molecule has 6 nitrogen and oxygen atoms in total. The van der Waals surface area contributed by atoms with Crippen LogP contribution in [0.4, 0.5) is 5.69 Å². The summed E-state index contributed by atoms with van der Waals surface area (Å²) in [7, 11) is 1.80. The monoisotopic (exact) mass is 495 g/mol. The fourth-order valence-electron chi connectivity index (χ4n) is 3.15. The van der Waals surface area contributed by atoms with Gasteiger partial charge in [0.25, 0.3) is 0 Å². The first-order valence-electron chi connectivity index (χ1n) is 9.53. The van der Waals surface area contributed by atoms with E-state index in [2.05, 4.69) is 55.8 Å². The molecule has 1 unspecified atom stereocenters. The van der Waals surface area contributed by atoms with Crippen molar-refractivity contribution in [1.29, 1.82) is 0 Å². The Bertz CT molecular complexity index is 736. The lowest BCUT2D eigenvalue weighted by Crippen LogP contribution is -2.44. The molecule has 0 saturated carbocycles. The van der Waals surface area contributed by atoms with Gasteiger partial charge in [-0.2, -0.15) is 0 Å². The topological polar surface area (TPSA) is 61.8 Å². The van der Waals surface area contributed by atoms with Crippen molar-refractivity contribution in [2.45, 2.75) is 39.0 Å². The molecular weight excluding hydrogens is 465 g/mol. The van der Waals surface area contributed by atoms with Gasteiger partial charge in [0.1, 0.15) is 0 Å². The van der Waals surface area contributed by atoms with Crippen molar-refractivity contribution >= 4 is 35.6 Å². The van der Waals surface area contributed by atoms with E-state index in [0.29, 0.717) is 18.5 Å². The second-order valence-corrected chi connectivity index (χ2v) is 7.01. The Morgan fingerprint density at radius 1 is 1.25 bits per heavy atom. The molecule has 1 atom stereocenters. The highest BCUT2D eigenvalue weighted by Crippen LogP contribution is 2.19. The third-order valence-electron chi connectivity index (χ3n) is 4.49. The van der Waals surface area contributed by atoms with Gasteiger partial charge < -0.3 is 20.3 Å². The van der Waals surface area contributed by atoms with Crippen molar-refractivity contribution < 1.29 is 4.74 Å². The molecule has 0 spiro atoms. The summed E-state index contributed by atoms with van der Waals surface area (Å²) in [6.07, 6.45) is 3.06. The van der Waals surface area contributed by atoms with E-state index >= 15 is 0 Å². The van der Waals surface area contributed by atoms with Crippen LogP contribution in [0.25, 0.3) is 0 Å². The van der Waals surface area contributed by atoms with Crippen molar-refractivity contribution in [3.05, 3.63) is 54.2 Å². The molecule has 1 aliphatic heterocycles. The average Bonchev–Trinajstić information content (AvgIpc) is 3.15. The summed E-state index contributed by atoms with van der Waals surface area (Å²) in [5, 5.41) is 6.89. The maximum absolute atomic E-state index is 5.58. The number of aliphatic imine (C=N–C) groups is 1. The van der Waals surface area contributed by atoms with Crippen molar-refractivity contribution in [1.82, 2.24) is 15.6 Å². The van der Waals surface area contributed by atoms with Crippen LogP contribution in [0.15, 0.2) is 53.7 Å². The van der Waals surface area contributed by atoms with Crippen LogP contribution in [0.1, 0.15) is 25.8 Å². The largest absolute Gasteiger partial charge is 0.475 e. The molecule has 0 amide bonds. The van der Waals surface area contributed by atoms with Gasteiger partial charge in [0.2, 0.25) is 5.88 Å². The summed E-state index contributed by atoms with van der Waals surface area (Å²) in [5.74, 6) is 1.47. The molecule has 1 saturated heterocycles. The van der Waals surface area contributed by atoms with Crippen LogP contribution in [-0.2, 0) is 6.54 Å². The number of pyridine rings is 1. The number of ether oxygens (including phenoxy) is 1. The van der Waals surface area contributed by atoms with Crippen LogP contribution < -0.4 is 20.3 Å². The maximum Gasteiger partial charge on any atom is 0.213 e. The van der Waals surface area contributed by atoms with Crippen molar-refractivity contribution in [2.75, 3.05) is 25.0 Å². The van der Waals surface area contributed by atoms with Crippen molar-refractivity contribution in [3.8, 4) is 5.88 Å². The Morgan fingerprint density at radius 3 is 2.68 bits per heavy atom. The quantitative estimate of drug-likeness (QED) is 0.366. The fourth-order valence-corrected chi connectivity index (χ4v) is 3.15. The molecule has 0 aliphatic carbocycles. The molecule has 0 radical (unpaired) electrons. The molecule has 7 heteroatoms. The Labute approximate surface area is 184 Å². The predicted molar refractivity (Wildman–Crippen MR) is 126 cm³/mol. The third-order valence-corrected chi connectivity index (χ3v) is 4.49. The first kappa shape index (κ1) is 22.3. The maximum atomic E-state index is 5.58. The van der Waals surface area contributed by atoms with E-state index in [1.165, 1.54) is 5.69 Å². The molecule has 28 heavy (non-hydrogen) atoms. The molecule has 2 N–H and O–H groups in total. The lowest BCUT2D eigenvalue weighted by atomic mass is 10.2. The Kier molecular flexibility index (Phi) is 8.82. The summed E-state index contributed by atoms with van der Waals surface area (Å²) in [6, 6.07) is 14.9. The van der Waals surface area contributed by atoms with Gasteiger partial charge in [-0.25, -0.2) is 4.98 Å². The highest BCUT2D eigenvalue weighted by molar-refractivity contribution is 14.0. The van der Waals surface area contributed by atoms with E-state index in [0.717, 1.165) is 31.0 Å². The lowest BCUT2D eigenvalue weighted by Gasteiger charge is -2.20. The Hall–Kier alpha value is -2.03. The van der Waals surface area contributed by atoms with Crippen molar-refractivity contribution in [2.24, 2.45) is 4.99 Å². The zero-order valence-corrected chi connectivity index (χ0v) is 19.1. The van der Waals surface area contributed by atoms with Crippen LogP contribution in [0.5, 0.6) is 5.88 Å². The summed E-state index contributed by atoms with van der Waals surface area (Å²) >= 11 is 0. The molecule has 152 valence electrons. The van der Waals surface area contributed by atoms with Gasteiger partial charge in [0, 0.05) is 50.7 Å². The zero-order chi connectivity index (χ0) is 19.1. The van der Waals surface area contributed by atoms with Crippen LogP contribution in [0, 0.1) is 0 Å². The van der Waals surface area contributed by atoms with Gasteiger partial charge in [-0.15, -0.1) is 24.0 Å². The minimum Gasteiger partial charge on any atom is -0.475 e. The van der Waals surface area contributed by atoms with E-state index in [9.17, 15) is 0 Å². The van der Waals surface area contributed by atoms with E-state index in [-0.39, 0.29) is 30.1 Å². The second kappa shape index (κ2) is 11.1. The predicted octanol–water partition coefficient (Wildman–Crippen LogP) is 3.43. The minimum atomic E-state index is 0. The van der Waals surface area contributed by atoms with Gasteiger partial charge in [-0.05, 0) is 38.0 Å². The highest BCUT2D eigenvalue weighted by Gasteiger charge is 2.23. The number of nitrogens with zero attached hydrogens (tertiary/aromatic N) is 3. The number of halogens is 1. The number of hydrogen-bond acceptors (Lipinski definition) is 4.